The lowest BCUT2D eigenvalue weighted by Gasteiger charge is -2.26. The Morgan fingerprint density at radius 3 is 1.95 bits per heavy atom. The molecule has 0 spiro atoms. The molecule has 1 aromatic carbocycles. The first-order chi connectivity index (χ1) is 9.12. The molecule has 0 aliphatic rings. The molecule has 2 N–H and O–H groups in total. The zero-order valence-electron chi connectivity index (χ0n) is 13.1. The third-order valence-electron chi connectivity index (χ3n) is 2.85. The number of anilines is 1. The first kappa shape index (κ1) is 17.0. The highest BCUT2D eigenvalue weighted by Gasteiger charge is 2.26. The van der Waals surface area contributed by atoms with Gasteiger partial charge in [-0.2, -0.15) is 4.31 Å². The van der Waals surface area contributed by atoms with E-state index in [4.69, 9.17) is 5.73 Å². The third kappa shape index (κ3) is 4.49. The minimum absolute atomic E-state index is 0.283. The molecule has 0 atom stereocenters. The number of nitrogen functional groups attached to an aromatic ring is 1. The van der Waals surface area contributed by atoms with Crippen molar-refractivity contribution in [1.82, 2.24) is 4.31 Å². The largest absolute Gasteiger partial charge is 0.399 e. The van der Waals surface area contributed by atoms with Crippen molar-refractivity contribution in [3.63, 3.8) is 0 Å². The van der Waals surface area contributed by atoms with Gasteiger partial charge in [-0.1, -0.05) is 27.7 Å². The van der Waals surface area contributed by atoms with Crippen molar-refractivity contribution in [2.45, 2.75) is 39.5 Å². The zero-order chi connectivity index (χ0) is 15.5. The average Bonchev–Trinajstić information content (AvgIpc) is 2.25. The van der Waals surface area contributed by atoms with Gasteiger partial charge < -0.3 is 5.73 Å². The number of hydrogen-bond acceptors (Lipinski definition) is 3. The van der Waals surface area contributed by atoms with E-state index in [1.54, 1.807) is 16.4 Å². The van der Waals surface area contributed by atoms with Gasteiger partial charge in [-0.3, -0.25) is 0 Å². The maximum atomic E-state index is 12.8. The van der Waals surface area contributed by atoms with E-state index in [1.807, 2.05) is 34.6 Å². The van der Waals surface area contributed by atoms with Crippen LogP contribution in [0.4, 0.5) is 5.69 Å². The molecule has 1 aromatic rings. The van der Waals surface area contributed by atoms with Crippen LogP contribution in [-0.2, 0) is 10.0 Å². The van der Waals surface area contributed by atoms with Gasteiger partial charge >= 0.3 is 0 Å². The van der Waals surface area contributed by atoms with Crippen molar-refractivity contribution < 1.29 is 8.42 Å². The first-order valence-corrected chi connectivity index (χ1v) is 8.44. The Kier molecular flexibility index (Phi) is 5.59. The molecule has 0 fully saturated rings. The SMILES string of the molecule is Cc1cc(N)cc(S(=O)(=O)N(CC(C)C)CC(C)C)c1. The molecule has 0 bridgehead atoms. The second-order valence-corrected chi connectivity index (χ2v) is 8.13. The van der Waals surface area contributed by atoms with Crippen molar-refractivity contribution >= 4 is 15.7 Å². The molecule has 0 unspecified atom stereocenters. The smallest absolute Gasteiger partial charge is 0.243 e. The van der Waals surface area contributed by atoms with Crippen molar-refractivity contribution in [1.29, 1.82) is 0 Å². The van der Waals surface area contributed by atoms with Crippen molar-refractivity contribution in [3.05, 3.63) is 23.8 Å². The third-order valence-corrected chi connectivity index (χ3v) is 4.66. The molecule has 20 heavy (non-hydrogen) atoms. The van der Waals surface area contributed by atoms with Gasteiger partial charge in [0, 0.05) is 18.8 Å². The molecule has 0 saturated heterocycles. The van der Waals surface area contributed by atoms with E-state index < -0.39 is 10.0 Å². The summed E-state index contributed by atoms with van der Waals surface area (Å²) in [6.45, 7) is 11.0. The summed E-state index contributed by atoms with van der Waals surface area (Å²) in [4.78, 5) is 0.288. The summed E-state index contributed by atoms with van der Waals surface area (Å²) >= 11 is 0. The monoisotopic (exact) mass is 298 g/mol. The summed E-state index contributed by atoms with van der Waals surface area (Å²) in [5, 5.41) is 0. The molecule has 114 valence electrons. The van der Waals surface area contributed by atoms with Gasteiger partial charge in [-0.15, -0.1) is 0 Å². The molecule has 0 saturated carbocycles. The van der Waals surface area contributed by atoms with E-state index >= 15 is 0 Å². The fourth-order valence-corrected chi connectivity index (χ4v) is 4.07. The van der Waals surface area contributed by atoms with Crippen LogP contribution in [-0.4, -0.2) is 25.8 Å². The van der Waals surface area contributed by atoms with E-state index in [2.05, 4.69) is 0 Å². The Morgan fingerprint density at radius 1 is 1.05 bits per heavy atom. The molecule has 0 aliphatic carbocycles. The molecular formula is C15H26N2O2S. The predicted octanol–water partition coefficient (Wildman–Crippen LogP) is 2.88. The maximum Gasteiger partial charge on any atom is 0.243 e. The normalized spacial score (nSPS) is 12.6. The van der Waals surface area contributed by atoms with E-state index in [-0.39, 0.29) is 16.7 Å². The number of benzene rings is 1. The Balaban J connectivity index is 3.20. The van der Waals surface area contributed by atoms with Crippen LogP contribution in [0.5, 0.6) is 0 Å². The summed E-state index contributed by atoms with van der Waals surface area (Å²) in [5.74, 6) is 0.566. The van der Waals surface area contributed by atoms with Crippen LogP contribution in [0, 0.1) is 18.8 Å². The minimum Gasteiger partial charge on any atom is -0.399 e. The van der Waals surface area contributed by atoms with Crippen LogP contribution in [0.3, 0.4) is 0 Å². The highest BCUT2D eigenvalue weighted by atomic mass is 32.2. The Hall–Kier alpha value is -1.07. The zero-order valence-corrected chi connectivity index (χ0v) is 13.9. The van der Waals surface area contributed by atoms with E-state index in [1.165, 1.54) is 6.07 Å². The molecular weight excluding hydrogens is 272 g/mol. The lowest BCUT2D eigenvalue weighted by molar-refractivity contribution is 0.333. The van der Waals surface area contributed by atoms with Crippen LogP contribution in [0.15, 0.2) is 23.1 Å². The lowest BCUT2D eigenvalue weighted by atomic mass is 10.2. The first-order valence-electron chi connectivity index (χ1n) is 7.00. The number of rotatable bonds is 6. The van der Waals surface area contributed by atoms with Crippen molar-refractivity contribution in [2.75, 3.05) is 18.8 Å². The van der Waals surface area contributed by atoms with Gasteiger partial charge in [0.2, 0.25) is 10.0 Å². The van der Waals surface area contributed by atoms with E-state index in [0.29, 0.717) is 18.8 Å². The molecule has 1 rings (SSSR count). The Morgan fingerprint density at radius 2 is 1.55 bits per heavy atom. The van der Waals surface area contributed by atoms with Gasteiger partial charge in [-0.05, 0) is 42.5 Å². The van der Waals surface area contributed by atoms with Gasteiger partial charge in [0.15, 0.2) is 0 Å². The molecule has 0 radical (unpaired) electrons. The number of nitrogens with two attached hydrogens (primary N) is 1. The average molecular weight is 298 g/mol. The topological polar surface area (TPSA) is 63.4 Å². The molecule has 0 aliphatic heterocycles. The number of aryl methyl sites for hydroxylation is 1. The highest BCUT2D eigenvalue weighted by Crippen LogP contribution is 2.22. The second-order valence-electron chi connectivity index (χ2n) is 6.19. The maximum absolute atomic E-state index is 12.8. The second kappa shape index (κ2) is 6.59. The van der Waals surface area contributed by atoms with Crippen LogP contribution < -0.4 is 5.73 Å². The Labute approximate surface area is 123 Å². The van der Waals surface area contributed by atoms with Crippen LogP contribution in [0.2, 0.25) is 0 Å². The van der Waals surface area contributed by atoms with Crippen molar-refractivity contribution in [2.24, 2.45) is 11.8 Å². The molecule has 0 aromatic heterocycles. The minimum atomic E-state index is -3.48. The van der Waals surface area contributed by atoms with Crippen LogP contribution >= 0.6 is 0 Å². The van der Waals surface area contributed by atoms with Gasteiger partial charge in [0.25, 0.3) is 0 Å². The standard InChI is InChI=1S/C15H26N2O2S/c1-11(2)9-17(10-12(3)4)20(18,19)15-7-13(5)6-14(16)8-15/h6-8,11-12H,9-10,16H2,1-5H3. The number of hydrogen-bond donors (Lipinski definition) is 1. The fourth-order valence-electron chi connectivity index (χ4n) is 2.16. The number of sulfonamides is 1. The predicted molar refractivity (Wildman–Crippen MR) is 84.0 cm³/mol. The fraction of sp³-hybridized carbons (Fsp3) is 0.600. The lowest BCUT2D eigenvalue weighted by Crippen LogP contribution is -2.37. The van der Waals surface area contributed by atoms with Gasteiger partial charge in [-0.25, -0.2) is 8.42 Å². The van der Waals surface area contributed by atoms with E-state index in [9.17, 15) is 8.42 Å². The van der Waals surface area contributed by atoms with Crippen LogP contribution in [0.25, 0.3) is 0 Å². The number of nitrogens with zero attached hydrogens (tertiary/aromatic N) is 1. The molecule has 5 heteroatoms. The molecule has 0 amide bonds. The molecule has 0 heterocycles. The summed E-state index contributed by atoms with van der Waals surface area (Å²) in [6.07, 6.45) is 0. The van der Waals surface area contributed by atoms with Crippen molar-refractivity contribution in [3.8, 4) is 0 Å². The Bertz CT molecular complexity index is 521. The summed E-state index contributed by atoms with van der Waals surface area (Å²) in [5.41, 5.74) is 7.12. The van der Waals surface area contributed by atoms with Crippen LogP contribution in [0.1, 0.15) is 33.3 Å². The summed E-state index contributed by atoms with van der Waals surface area (Å²) in [6, 6.07) is 4.99. The molecule has 4 nitrogen and oxygen atoms in total. The van der Waals surface area contributed by atoms with Gasteiger partial charge in [0.05, 0.1) is 4.90 Å². The quantitative estimate of drug-likeness (QED) is 0.821. The summed E-state index contributed by atoms with van der Waals surface area (Å²) < 4.78 is 27.1. The van der Waals surface area contributed by atoms with Gasteiger partial charge in [0.1, 0.15) is 0 Å². The summed E-state index contributed by atoms with van der Waals surface area (Å²) in [7, 11) is -3.48. The van der Waals surface area contributed by atoms with E-state index in [0.717, 1.165) is 5.56 Å². The highest BCUT2D eigenvalue weighted by molar-refractivity contribution is 7.89.